The highest BCUT2D eigenvalue weighted by molar-refractivity contribution is 5.70. The normalized spacial score (nSPS) is 17.7. The molecule has 0 bridgehead atoms. The smallest absolute Gasteiger partial charge is 0.341 e. The Morgan fingerprint density at radius 2 is 0.950 bits per heavy atom. The molecule has 0 aliphatic carbocycles. The molecule has 224 valence electrons. The van der Waals surface area contributed by atoms with Crippen molar-refractivity contribution in [2.75, 3.05) is 91.8 Å². The Morgan fingerprint density at radius 1 is 0.600 bits per heavy atom. The van der Waals surface area contributed by atoms with Crippen molar-refractivity contribution in [1.82, 2.24) is 19.6 Å². The van der Waals surface area contributed by atoms with E-state index in [0.29, 0.717) is 63.9 Å². The molecule has 0 amide bonds. The van der Waals surface area contributed by atoms with Crippen molar-refractivity contribution in [2.45, 2.75) is 6.10 Å². The van der Waals surface area contributed by atoms with Gasteiger partial charge in [0.15, 0.2) is 6.61 Å². The summed E-state index contributed by atoms with van der Waals surface area (Å²) in [5.74, 6) is -3.33. The van der Waals surface area contributed by atoms with Gasteiger partial charge in [-0.25, -0.2) is 4.79 Å². The second-order valence-corrected chi connectivity index (χ2v) is 9.43. The Labute approximate surface area is 231 Å². The van der Waals surface area contributed by atoms with Crippen LogP contribution in [0.5, 0.6) is 11.5 Å². The number of ether oxygens (including phenoxy) is 2. The van der Waals surface area contributed by atoms with Crippen LogP contribution in [0.25, 0.3) is 0 Å². The van der Waals surface area contributed by atoms with Crippen LogP contribution in [0.1, 0.15) is 0 Å². The Kier molecular flexibility index (Phi) is 14.1. The van der Waals surface area contributed by atoms with Gasteiger partial charge in [-0.3, -0.25) is 34.0 Å². The number of hydrogen-bond acceptors (Lipinski definition) is 11. The molecule has 1 unspecified atom stereocenters. The molecule has 1 atom stereocenters. The van der Waals surface area contributed by atoms with Crippen LogP contribution < -0.4 is 9.47 Å². The number of carboxylic acids is 4. The second kappa shape index (κ2) is 17.2. The molecule has 0 radical (unpaired) electrons. The fourth-order valence-electron chi connectivity index (χ4n) is 4.13. The van der Waals surface area contributed by atoms with Crippen LogP contribution in [0.3, 0.4) is 0 Å². The minimum atomic E-state index is -1.09. The number of carbonyl (C=O) groups is 4. The molecular formula is C25H38N4O11. The molecule has 1 aromatic carbocycles. The number of carboxylic acid groups (broad SMARTS) is 4. The lowest BCUT2D eigenvalue weighted by atomic mass is 10.3. The SMILES string of the molecule is O=C(O)COc1ccc(OCC(O)CN2CCN(CC(=O)O)CCN(CC(=O)O)CCN(CC(=O)O)CC2)cc1. The van der Waals surface area contributed by atoms with Crippen LogP contribution in [0.15, 0.2) is 24.3 Å². The van der Waals surface area contributed by atoms with Crippen molar-refractivity contribution in [3.05, 3.63) is 24.3 Å². The molecule has 0 aromatic heterocycles. The molecule has 1 heterocycles. The van der Waals surface area contributed by atoms with Crippen molar-refractivity contribution in [3.63, 3.8) is 0 Å². The average molecular weight is 571 g/mol. The third-order valence-corrected chi connectivity index (χ3v) is 6.10. The average Bonchev–Trinajstić information content (AvgIpc) is 2.87. The Balaban J connectivity index is 2.01. The molecule has 0 spiro atoms. The summed E-state index contributed by atoms with van der Waals surface area (Å²) in [4.78, 5) is 51.7. The Morgan fingerprint density at radius 3 is 1.30 bits per heavy atom. The standard InChI is InChI=1S/C25H38N4O11/c30-19(17-39-20-1-3-21(4-2-20)40-18-25(37)38)13-26-5-7-27(14-22(31)32)9-11-29(16-24(35)36)12-10-28(8-6-26)15-23(33)34/h1-4,19,30H,5-18H2,(H,31,32)(H,33,34)(H,35,36)(H,37,38). The predicted molar refractivity (Wildman–Crippen MR) is 140 cm³/mol. The summed E-state index contributed by atoms with van der Waals surface area (Å²) >= 11 is 0. The van der Waals surface area contributed by atoms with Gasteiger partial charge in [-0.2, -0.15) is 0 Å². The first-order valence-corrected chi connectivity index (χ1v) is 12.8. The second-order valence-electron chi connectivity index (χ2n) is 9.43. The highest BCUT2D eigenvalue weighted by Crippen LogP contribution is 2.17. The minimum absolute atomic E-state index is 0.0480. The lowest BCUT2D eigenvalue weighted by Crippen LogP contribution is -2.49. The highest BCUT2D eigenvalue weighted by Gasteiger charge is 2.21. The summed E-state index contributed by atoms with van der Waals surface area (Å²) in [7, 11) is 0. The van der Waals surface area contributed by atoms with E-state index in [9.17, 15) is 39.6 Å². The van der Waals surface area contributed by atoms with Gasteiger partial charge < -0.3 is 35.0 Å². The molecule has 2 rings (SSSR count). The largest absolute Gasteiger partial charge is 0.491 e. The van der Waals surface area contributed by atoms with Gasteiger partial charge in [0.2, 0.25) is 0 Å². The van der Waals surface area contributed by atoms with Crippen LogP contribution in [0.2, 0.25) is 0 Å². The summed E-state index contributed by atoms with van der Waals surface area (Å²) in [5.41, 5.74) is 0. The lowest BCUT2D eigenvalue weighted by Gasteiger charge is -2.33. The van der Waals surface area contributed by atoms with E-state index < -0.39 is 36.6 Å². The van der Waals surface area contributed by atoms with E-state index in [1.165, 1.54) is 0 Å². The van der Waals surface area contributed by atoms with E-state index in [1.807, 2.05) is 4.90 Å². The summed E-state index contributed by atoms with van der Waals surface area (Å²) in [5, 5.41) is 47.2. The van der Waals surface area contributed by atoms with Crippen LogP contribution in [-0.4, -0.2) is 167 Å². The van der Waals surface area contributed by atoms with E-state index in [-0.39, 0.29) is 32.8 Å². The first kappa shape index (κ1) is 32.7. The number of rotatable bonds is 14. The Bertz CT molecular complexity index is 931. The first-order valence-electron chi connectivity index (χ1n) is 12.8. The molecule has 1 fully saturated rings. The fourth-order valence-corrected chi connectivity index (χ4v) is 4.13. The fraction of sp³-hybridized carbons (Fsp3) is 0.600. The van der Waals surface area contributed by atoms with Crippen LogP contribution in [-0.2, 0) is 19.2 Å². The van der Waals surface area contributed by atoms with Crippen molar-refractivity contribution >= 4 is 23.9 Å². The zero-order valence-electron chi connectivity index (χ0n) is 22.3. The number of benzene rings is 1. The lowest BCUT2D eigenvalue weighted by molar-refractivity contribution is -0.140. The molecule has 1 aliphatic rings. The first-order chi connectivity index (χ1) is 19.0. The highest BCUT2D eigenvalue weighted by atomic mass is 16.5. The summed E-state index contributed by atoms with van der Waals surface area (Å²) < 4.78 is 10.7. The summed E-state index contributed by atoms with van der Waals surface area (Å²) in [6.45, 7) is 1.68. The van der Waals surface area contributed by atoms with Gasteiger partial charge in [-0.1, -0.05) is 0 Å². The number of hydrogen-bond donors (Lipinski definition) is 5. The quantitative estimate of drug-likeness (QED) is 0.170. The number of aliphatic hydroxyl groups is 1. The van der Waals surface area contributed by atoms with Gasteiger partial charge in [0.05, 0.1) is 19.6 Å². The minimum Gasteiger partial charge on any atom is -0.491 e. The molecule has 40 heavy (non-hydrogen) atoms. The zero-order valence-corrected chi connectivity index (χ0v) is 22.3. The number of aliphatic hydroxyl groups excluding tert-OH is 1. The molecule has 15 nitrogen and oxygen atoms in total. The van der Waals surface area contributed by atoms with Gasteiger partial charge in [0.25, 0.3) is 0 Å². The van der Waals surface area contributed by atoms with Crippen molar-refractivity contribution in [2.24, 2.45) is 0 Å². The van der Waals surface area contributed by atoms with Crippen LogP contribution >= 0.6 is 0 Å². The maximum atomic E-state index is 11.4. The third kappa shape index (κ3) is 14.0. The van der Waals surface area contributed by atoms with Crippen molar-refractivity contribution in [1.29, 1.82) is 0 Å². The predicted octanol–water partition coefficient (Wildman–Crippen LogP) is -1.63. The number of aliphatic carboxylic acids is 4. The molecular weight excluding hydrogens is 532 g/mol. The summed E-state index contributed by atoms with van der Waals surface area (Å²) in [6.07, 6.45) is -0.914. The van der Waals surface area contributed by atoms with Crippen molar-refractivity contribution < 1.29 is 54.2 Å². The number of β-amino-alcohol motifs (C(OH)–C–C–N with tert-alkyl or cyclic N) is 1. The van der Waals surface area contributed by atoms with E-state index in [4.69, 9.17) is 14.6 Å². The van der Waals surface area contributed by atoms with Gasteiger partial charge in [0.1, 0.15) is 24.2 Å². The zero-order chi connectivity index (χ0) is 29.5. The molecule has 15 heteroatoms. The van der Waals surface area contributed by atoms with E-state index in [2.05, 4.69) is 0 Å². The molecule has 0 saturated carbocycles. The van der Waals surface area contributed by atoms with Crippen LogP contribution in [0.4, 0.5) is 0 Å². The van der Waals surface area contributed by atoms with E-state index in [1.54, 1.807) is 39.0 Å². The van der Waals surface area contributed by atoms with Crippen LogP contribution in [0, 0.1) is 0 Å². The van der Waals surface area contributed by atoms with E-state index >= 15 is 0 Å². The Hall–Kier alpha value is -3.50. The van der Waals surface area contributed by atoms with E-state index in [0.717, 1.165) is 0 Å². The van der Waals surface area contributed by atoms with Gasteiger partial charge in [-0.15, -0.1) is 0 Å². The maximum absolute atomic E-state index is 11.4. The van der Waals surface area contributed by atoms with Crippen molar-refractivity contribution in [3.8, 4) is 11.5 Å². The third-order valence-electron chi connectivity index (χ3n) is 6.10. The van der Waals surface area contributed by atoms with Gasteiger partial charge in [0, 0.05) is 58.9 Å². The molecule has 1 aliphatic heterocycles. The maximum Gasteiger partial charge on any atom is 0.341 e. The topological polar surface area (TPSA) is 201 Å². The molecule has 1 saturated heterocycles. The molecule has 1 aromatic rings. The number of nitrogens with zero attached hydrogens (tertiary/aromatic N) is 4. The van der Waals surface area contributed by atoms with Gasteiger partial charge in [-0.05, 0) is 24.3 Å². The summed E-state index contributed by atoms with van der Waals surface area (Å²) in [6, 6.07) is 6.27. The molecule has 5 N–H and O–H groups in total. The monoisotopic (exact) mass is 570 g/mol. The van der Waals surface area contributed by atoms with Gasteiger partial charge >= 0.3 is 23.9 Å².